The molecule has 1 N–H and O–H groups in total. The molecule has 1 atom stereocenters. The minimum absolute atomic E-state index is 0.0143. The summed E-state index contributed by atoms with van der Waals surface area (Å²) in [7, 11) is -3.03. The van der Waals surface area contributed by atoms with Crippen molar-refractivity contribution >= 4 is 27.5 Å². The molecule has 2 aliphatic rings. The number of hydrogen-bond donors (Lipinski definition) is 1. The summed E-state index contributed by atoms with van der Waals surface area (Å²) in [4.78, 5) is 13.1. The van der Waals surface area contributed by atoms with Crippen LogP contribution in [-0.4, -0.2) is 50.3 Å². The maximum Gasteiger partial charge on any atom is 0.230 e. The van der Waals surface area contributed by atoms with Gasteiger partial charge in [0.05, 0.1) is 36.0 Å². The highest BCUT2D eigenvalue weighted by atomic mass is 32.2. The summed E-state index contributed by atoms with van der Waals surface area (Å²) in [6, 6.07) is 5.62. The summed E-state index contributed by atoms with van der Waals surface area (Å²) in [5.74, 6) is 1.65. The average molecular weight is 371 g/mol. The number of thioether (sulfide) groups is 1. The van der Waals surface area contributed by atoms with E-state index < -0.39 is 15.4 Å². The van der Waals surface area contributed by atoms with E-state index in [9.17, 15) is 13.2 Å². The Bertz CT molecular complexity index is 734. The molecule has 0 aromatic heterocycles. The van der Waals surface area contributed by atoms with E-state index in [4.69, 9.17) is 9.47 Å². The molecule has 8 heteroatoms. The van der Waals surface area contributed by atoms with E-state index in [1.807, 2.05) is 18.2 Å². The fraction of sp³-hybridized carbons (Fsp3) is 0.562. The number of hydrogen-bond acceptors (Lipinski definition) is 6. The van der Waals surface area contributed by atoms with E-state index in [1.54, 1.807) is 6.92 Å². The standard InChI is InChI=1S/C16H21NO5S2/c1-16(5-8-24(19,20)11-16)17-15(18)10-23-12-3-4-13-14(9-12)22-7-2-6-21-13/h3-4,9H,2,5-8,10-11H2,1H3,(H,17,18)/t16-/m1/s1. The second-order valence-electron chi connectivity index (χ2n) is 6.40. The summed E-state index contributed by atoms with van der Waals surface area (Å²) < 4.78 is 34.4. The van der Waals surface area contributed by atoms with Crippen LogP contribution in [0, 0.1) is 0 Å². The average Bonchev–Trinajstić information content (AvgIpc) is 2.69. The zero-order chi connectivity index (χ0) is 17.2. The van der Waals surface area contributed by atoms with Crippen molar-refractivity contribution in [1.29, 1.82) is 0 Å². The normalized spacial score (nSPS) is 25.0. The highest BCUT2D eigenvalue weighted by Gasteiger charge is 2.39. The molecular formula is C16H21NO5S2. The molecule has 24 heavy (non-hydrogen) atoms. The van der Waals surface area contributed by atoms with E-state index in [-0.39, 0.29) is 23.2 Å². The molecule has 1 amide bonds. The lowest BCUT2D eigenvalue weighted by Gasteiger charge is -2.23. The van der Waals surface area contributed by atoms with Gasteiger partial charge in [0, 0.05) is 11.3 Å². The Hall–Kier alpha value is -1.41. The van der Waals surface area contributed by atoms with Gasteiger partial charge in [-0.2, -0.15) is 0 Å². The molecule has 6 nitrogen and oxygen atoms in total. The molecular weight excluding hydrogens is 350 g/mol. The summed E-state index contributed by atoms with van der Waals surface area (Å²) in [6.45, 7) is 3.05. The molecule has 0 radical (unpaired) electrons. The molecule has 2 heterocycles. The topological polar surface area (TPSA) is 81.7 Å². The molecule has 0 saturated carbocycles. The van der Waals surface area contributed by atoms with Crippen molar-refractivity contribution < 1.29 is 22.7 Å². The molecule has 0 aliphatic carbocycles. The Kier molecular flexibility index (Phi) is 4.96. The van der Waals surface area contributed by atoms with Gasteiger partial charge in [-0.15, -0.1) is 11.8 Å². The zero-order valence-electron chi connectivity index (χ0n) is 13.5. The predicted molar refractivity (Wildman–Crippen MR) is 92.6 cm³/mol. The molecule has 0 unspecified atom stereocenters. The number of carbonyl (C=O) groups is 1. The van der Waals surface area contributed by atoms with E-state index >= 15 is 0 Å². The minimum Gasteiger partial charge on any atom is -0.490 e. The minimum atomic E-state index is -3.03. The van der Waals surface area contributed by atoms with Crippen LogP contribution in [0.25, 0.3) is 0 Å². The van der Waals surface area contributed by atoms with Crippen molar-refractivity contribution in [2.24, 2.45) is 0 Å². The lowest BCUT2D eigenvalue weighted by Crippen LogP contribution is -2.47. The number of benzene rings is 1. The Balaban J connectivity index is 1.56. The van der Waals surface area contributed by atoms with Gasteiger partial charge in [0.15, 0.2) is 21.3 Å². The Labute approximate surface area is 146 Å². The SMILES string of the molecule is C[C@@]1(NC(=O)CSc2ccc3c(c2)OCCCO3)CCS(=O)(=O)C1. The lowest BCUT2D eigenvalue weighted by atomic mass is 10.0. The van der Waals surface area contributed by atoms with Crippen LogP contribution in [-0.2, 0) is 14.6 Å². The molecule has 2 aliphatic heterocycles. The Morgan fingerprint density at radius 2 is 2.04 bits per heavy atom. The fourth-order valence-corrected chi connectivity index (χ4v) is 5.68. The van der Waals surface area contributed by atoms with Gasteiger partial charge in [0.2, 0.25) is 5.91 Å². The van der Waals surface area contributed by atoms with Crippen LogP contribution < -0.4 is 14.8 Å². The molecule has 1 aromatic rings. The number of carbonyl (C=O) groups excluding carboxylic acids is 1. The number of nitrogens with one attached hydrogen (secondary N) is 1. The zero-order valence-corrected chi connectivity index (χ0v) is 15.2. The van der Waals surface area contributed by atoms with Crippen LogP contribution in [0.2, 0.25) is 0 Å². The highest BCUT2D eigenvalue weighted by Crippen LogP contribution is 2.34. The largest absolute Gasteiger partial charge is 0.490 e. The summed E-state index contributed by atoms with van der Waals surface area (Å²) in [5, 5.41) is 2.86. The van der Waals surface area contributed by atoms with Crippen LogP contribution in [0.5, 0.6) is 11.5 Å². The van der Waals surface area contributed by atoms with E-state index in [1.165, 1.54) is 11.8 Å². The maximum atomic E-state index is 12.1. The van der Waals surface area contributed by atoms with Crippen molar-refractivity contribution in [2.75, 3.05) is 30.5 Å². The predicted octanol–water partition coefficient (Wildman–Crippen LogP) is 1.63. The van der Waals surface area contributed by atoms with Crippen molar-refractivity contribution in [3.05, 3.63) is 18.2 Å². The van der Waals surface area contributed by atoms with Crippen LogP contribution in [0.1, 0.15) is 19.8 Å². The summed E-state index contributed by atoms with van der Waals surface area (Å²) in [5.41, 5.74) is -0.652. The van der Waals surface area contributed by atoms with Crippen LogP contribution in [0.4, 0.5) is 0 Å². The summed E-state index contributed by atoms with van der Waals surface area (Å²) in [6.07, 6.45) is 1.32. The number of amides is 1. The number of ether oxygens (including phenoxy) is 2. The monoisotopic (exact) mass is 371 g/mol. The first-order valence-electron chi connectivity index (χ1n) is 7.89. The van der Waals surface area contributed by atoms with Gasteiger partial charge in [-0.25, -0.2) is 8.42 Å². The third-order valence-electron chi connectivity index (χ3n) is 4.03. The van der Waals surface area contributed by atoms with Crippen LogP contribution in [0.3, 0.4) is 0 Å². The first-order valence-corrected chi connectivity index (χ1v) is 10.7. The smallest absolute Gasteiger partial charge is 0.230 e. The summed E-state index contributed by atoms with van der Waals surface area (Å²) >= 11 is 1.39. The van der Waals surface area contributed by atoms with Crippen LogP contribution in [0.15, 0.2) is 23.1 Å². The lowest BCUT2D eigenvalue weighted by molar-refractivity contribution is -0.120. The third-order valence-corrected chi connectivity index (χ3v) is 6.93. The van der Waals surface area contributed by atoms with E-state index in [2.05, 4.69) is 5.32 Å². The quantitative estimate of drug-likeness (QED) is 0.810. The van der Waals surface area contributed by atoms with Gasteiger partial charge in [-0.05, 0) is 31.5 Å². The van der Waals surface area contributed by atoms with E-state index in [0.717, 1.165) is 17.1 Å². The molecule has 1 saturated heterocycles. The molecule has 1 fully saturated rings. The molecule has 132 valence electrons. The second-order valence-corrected chi connectivity index (χ2v) is 9.63. The van der Waals surface area contributed by atoms with Crippen molar-refractivity contribution in [3.63, 3.8) is 0 Å². The van der Waals surface area contributed by atoms with Crippen molar-refractivity contribution in [2.45, 2.75) is 30.2 Å². The Morgan fingerprint density at radius 3 is 2.75 bits per heavy atom. The van der Waals surface area contributed by atoms with Gasteiger partial charge >= 0.3 is 0 Å². The number of rotatable bonds is 4. The molecule has 0 spiro atoms. The van der Waals surface area contributed by atoms with Gasteiger partial charge in [0.25, 0.3) is 0 Å². The van der Waals surface area contributed by atoms with Gasteiger partial charge in [-0.1, -0.05) is 0 Å². The molecule has 0 bridgehead atoms. The van der Waals surface area contributed by atoms with Gasteiger partial charge in [-0.3, -0.25) is 4.79 Å². The fourth-order valence-electron chi connectivity index (χ4n) is 2.86. The second kappa shape index (κ2) is 6.84. The first-order chi connectivity index (χ1) is 11.4. The van der Waals surface area contributed by atoms with Crippen molar-refractivity contribution in [3.8, 4) is 11.5 Å². The highest BCUT2D eigenvalue weighted by molar-refractivity contribution is 8.00. The Morgan fingerprint density at radius 1 is 1.29 bits per heavy atom. The maximum absolute atomic E-state index is 12.1. The van der Waals surface area contributed by atoms with Crippen molar-refractivity contribution in [1.82, 2.24) is 5.32 Å². The molecule has 1 aromatic carbocycles. The van der Waals surface area contributed by atoms with Gasteiger partial charge < -0.3 is 14.8 Å². The van der Waals surface area contributed by atoms with E-state index in [0.29, 0.717) is 25.4 Å². The third kappa shape index (κ3) is 4.36. The first kappa shape index (κ1) is 17.4. The van der Waals surface area contributed by atoms with Crippen LogP contribution >= 0.6 is 11.8 Å². The number of fused-ring (bicyclic) bond motifs is 1. The molecule has 3 rings (SSSR count). The number of sulfone groups is 1. The van der Waals surface area contributed by atoms with Gasteiger partial charge in [0.1, 0.15) is 0 Å².